The minimum absolute atomic E-state index is 0.0583. The highest BCUT2D eigenvalue weighted by Gasteiger charge is 2.19. The molecular weight excluding hydrogens is 416 g/mol. The van der Waals surface area contributed by atoms with Crippen LogP contribution >= 0.6 is 11.6 Å². The fourth-order valence-electron chi connectivity index (χ4n) is 2.76. The quantitative estimate of drug-likeness (QED) is 0.348. The maximum absolute atomic E-state index is 14.3. The molecule has 0 aliphatic carbocycles. The lowest BCUT2D eigenvalue weighted by Gasteiger charge is -2.18. The van der Waals surface area contributed by atoms with E-state index in [0.717, 1.165) is 18.2 Å². The van der Waals surface area contributed by atoms with Gasteiger partial charge in [0.2, 0.25) is 11.9 Å². The number of aromatic nitrogens is 2. The molecule has 4 N–H and O–H groups in total. The van der Waals surface area contributed by atoms with Gasteiger partial charge in [-0.1, -0.05) is 32.4 Å². The summed E-state index contributed by atoms with van der Waals surface area (Å²) in [5, 5.41) is 21.7. The molecule has 0 fully saturated rings. The highest BCUT2D eigenvalue weighted by molar-refractivity contribution is 6.31. The van der Waals surface area contributed by atoms with E-state index in [-0.39, 0.29) is 56.9 Å². The van der Waals surface area contributed by atoms with Crippen molar-refractivity contribution in [2.45, 2.75) is 27.2 Å². The molecule has 7 nitrogen and oxygen atoms in total. The molecule has 1 aromatic heterocycles. The Bertz CT molecular complexity index is 1120. The molecule has 0 aliphatic rings. The largest absolute Gasteiger partial charge is 0.506 e. The number of anilines is 1. The number of H-pyrrole nitrogens is 1. The summed E-state index contributed by atoms with van der Waals surface area (Å²) in [5.74, 6) is -2.04. The molecule has 0 aliphatic heterocycles. The van der Waals surface area contributed by atoms with Gasteiger partial charge in [0.25, 0.3) is 0 Å². The minimum Gasteiger partial charge on any atom is -0.506 e. The van der Waals surface area contributed by atoms with Crippen molar-refractivity contribution in [3.8, 4) is 5.75 Å². The zero-order valence-electron chi connectivity index (χ0n) is 16.5. The van der Waals surface area contributed by atoms with Gasteiger partial charge < -0.3 is 10.4 Å². The smallest absolute Gasteiger partial charge is 0.227 e. The second-order valence-corrected chi connectivity index (χ2v) is 8.33. The Kier molecular flexibility index (Phi) is 5.93. The number of amides is 1. The van der Waals surface area contributed by atoms with E-state index in [1.54, 1.807) is 0 Å². The first-order valence-electron chi connectivity index (χ1n) is 8.99. The Labute approximate surface area is 176 Å². The Morgan fingerprint density at radius 2 is 2.00 bits per heavy atom. The van der Waals surface area contributed by atoms with Crippen LogP contribution in [-0.4, -0.2) is 27.2 Å². The number of hydrogen-bond acceptors (Lipinski definition) is 4. The predicted octanol–water partition coefficient (Wildman–Crippen LogP) is 4.85. The summed E-state index contributed by atoms with van der Waals surface area (Å²) < 4.78 is 28.0. The number of benzene rings is 2. The number of fused-ring (bicyclic) bond motifs is 1. The number of carbonyl (C=O) groups is 1. The van der Waals surface area contributed by atoms with Crippen LogP contribution in [0.2, 0.25) is 5.02 Å². The standard InChI is InChI=1S/C20H20ClF2N5O2/c1-20(2,3)9-15(30)25-19(24-12-7-10(21)6-11(22)8-12)26-18-16-13(23)4-5-14(29)17(16)27-28-18/h4-8,29H,9H2,1-3H3,(H3,24,25,26,27,28,30). The zero-order chi connectivity index (χ0) is 22.1. The van der Waals surface area contributed by atoms with Crippen LogP contribution in [0.4, 0.5) is 20.3 Å². The molecule has 0 atom stereocenters. The Morgan fingerprint density at radius 1 is 1.27 bits per heavy atom. The molecular formula is C20H20ClF2N5O2. The second-order valence-electron chi connectivity index (χ2n) is 7.89. The number of rotatable bonds is 3. The van der Waals surface area contributed by atoms with Crippen molar-refractivity contribution in [1.82, 2.24) is 15.5 Å². The van der Waals surface area contributed by atoms with Crippen LogP contribution in [-0.2, 0) is 4.79 Å². The van der Waals surface area contributed by atoms with Gasteiger partial charge in [0.05, 0.1) is 5.39 Å². The molecule has 0 unspecified atom stereocenters. The van der Waals surface area contributed by atoms with Gasteiger partial charge in [-0.15, -0.1) is 0 Å². The number of hydrogen-bond donors (Lipinski definition) is 4. The summed E-state index contributed by atoms with van der Waals surface area (Å²) >= 11 is 5.88. The number of aromatic hydroxyl groups is 1. The van der Waals surface area contributed by atoms with Crippen molar-refractivity contribution in [1.29, 1.82) is 0 Å². The van der Waals surface area contributed by atoms with Gasteiger partial charge in [0.15, 0.2) is 5.82 Å². The number of aliphatic imine (C=N–C) groups is 1. The van der Waals surface area contributed by atoms with E-state index in [4.69, 9.17) is 11.6 Å². The van der Waals surface area contributed by atoms with Gasteiger partial charge in [-0.25, -0.2) is 8.78 Å². The normalized spacial score (nSPS) is 12.3. The molecule has 0 saturated carbocycles. The summed E-state index contributed by atoms with van der Waals surface area (Å²) in [6.07, 6.45) is 0.175. The van der Waals surface area contributed by atoms with Crippen LogP contribution in [0.1, 0.15) is 27.2 Å². The highest BCUT2D eigenvalue weighted by atomic mass is 35.5. The zero-order valence-corrected chi connectivity index (χ0v) is 17.2. The van der Waals surface area contributed by atoms with E-state index in [1.165, 1.54) is 12.1 Å². The molecule has 3 aromatic rings. The first kappa shape index (κ1) is 21.5. The van der Waals surface area contributed by atoms with E-state index in [2.05, 4.69) is 25.8 Å². The van der Waals surface area contributed by atoms with E-state index in [1.807, 2.05) is 20.8 Å². The number of halogens is 3. The maximum atomic E-state index is 14.3. The van der Waals surface area contributed by atoms with E-state index < -0.39 is 11.6 Å². The van der Waals surface area contributed by atoms with Gasteiger partial charge in [-0.2, -0.15) is 10.1 Å². The number of guanidine groups is 1. The van der Waals surface area contributed by atoms with Gasteiger partial charge in [0.1, 0.15) is 22.9 Å². The molecule has 3 rings (SSSR count). The van der Waals surface area contributed by atoms with E-state index >= 15 is 0 Å². The fourth-order valence-corrected chi connectivity index (χ4v) is 2.98. The van der Waals surface area contributed by atoms with Crippen LogP contribution in [0.3, 0.4) is 0 Å². The van der Waals surface area contributed by atoms with Crippen LogP contribution in [0.5, 0.6) is 5.75 Å². The Balaban J connectivity index is 2.02. The van der Waals surface area contributed by atoms with Gasteiger partial charge >= 0.3 is 0 Å². The predicted molar refractivity (Wildman–Crippen MR) is 112 cm³/mol. The molecule has 0 spiro atoms. The number of nitrogens with zero attached hydrogens (tertiary/aromatic N) is 2. The summed E-state index contributed by atoms with van der Waals surface area (Å²) in [6, 6.07) is 5.98. The molecule has 1 heterocycles. The molecule has 0 saturated heterocycles. The summed E-state index contributed by atoms with van der Waals surface area (Å²) in [6.45, 7) is 5.67. The number of aromatic amines is 1. The minimum atomic E-state index is -0.663. The molecule has 2 aromatic carbocycles. The SMILES string of the molecule is CC(C)(C)CC(=O)NC(=Nc1n[nH]c2c(O)ccc(F)c12)Nc1cc(F)cc(Cl)c1. The average Bonchev–Trinajstić information content (AvgIpc) is 3.00. The molecule has 0 bridgehead atoms. The van der Waals surface area contributed by atoms with Crippen LogP contribution in [0.25, 0.3) is 10.9 Å². The van der Waals surface area contributed by atoms with Crippen LogP contribution < -0.4 is 10.6 Å². The first-order valence-corrected chi connectivity index (χ1v) is 9.37. The summed E-state index contributed by atoms with van der Waals surface area (Å²) in [5.41, 5.74) is -0.0187. The van der Waals surface area contributed by atoms with E-state index in [0.29, 0.717) is 0 Å². The van der Waals surface area contributed by atoms with Crippen LogP contribution in [0.15, 0.2) is 35.3 Å². The average molecular weight is 436 g/mol. The van der Waals surface area contributed by atoms with Crippen molar-refractivity contribution in [3.63, 3.8) is 0 Å². The number of phenolic OH excluding ortho intramolecular Hbond substituents is 1. The molecule has 0 radical (unpaired) electrons. The maximum Gasteiger partial charge on any atom is 0.227 e. The second kappa shape index (κ2) is 8.27. The first-order chi connectivity index (χ1) is 14.0. The van der Waals surface area contributed by atoms with Crippen molar-refractivity contribution < 1.29 is 18.7 Å². The molecule has 1 amide bonds. The fraction of sp³-hybridized carbons (Fsp3) is 0.250. The monoisotopic (exact) mass is 435 g/mol. The Hall–Kier alpha value is -3.20. The molecule has 10 heteroatoms. The summed E-state index contributed by atoms with van der Waals surface area (Å²) in [4.78, 5) is 16.6. The van der Waals surface area contributed by atoms with Crippen molar-refractivity contribution >= 4 is 45.9 Å². The van der Waals surface area contributed by atoms with Crippen molar-refractivity contribution in [3.05, 3.63) is 47.0 Å². The third-order valence-electron chi connectivity index (χ3n) is 3.92. The highest BCUT2D eigenvalue weighted by Crippen LogP contribution is 2.32. The number of phenols is 1. The molecule has 30 heavy (non-hydrogen) atoms. The topological polar surface area (TPSA) is 102 Å². The lowest BCUT2D eigenvalue weighted by atomic mass is 9.92. The number of nitrogens with one attached hydrogen (secondary N) is 3. The Morgan fingerprint density at radius 3 is 2.67 bits per heavy atom. The van der Waals surface area contributed by atoms with Crippen LogP contribution in [0, 0.1) is 17.0 Å². The third-order valence-corrected chi connectivity index (χ3v) is 4.14. The molecule has 158 valence electrons. The lowest BCUT2D eigenvalue weighted by Crippen LogP contribution is -2.37. The lowest BCUT2D eigenvalue weighted by molar-refractivity contribution is -0.121. The van der Waals surface area contributed by atoms with Gasteiger partial charge in [0, 0.05) is 17.1 Å². The number of carbonyl (C=O) groups excluding carboxylic acids is 1. The summed E-state index contributed by atoms with van der Waals surface area (Å²) in [7, 11) is 0. The van der Waals surface area contributed by atoms with Gasteiger partial charge in [-0.05, 0) is 35.7 Å². The van der Waals surface area contributed by atoms with Crippen molar-refractivity contribution in [2.75, 3.05) is 5.32 Å². The van der Waals surface area contributed by atoms with Crippen molar-refractivity contribution in [2.24, 2.45) is 10.4 Å². The van der Waals surface area contributed by atoms with E-state index in [9.17, 15) is 18.7 Å². The third kappa shape index (κ3) is 5.24. The van der Waals surface area contributed by atoms with Gasteiger partial charge in [-0.3, -0.25) is 15.2 Å².